The van der Waals surface area contributed by atoms with Gasteiger partial charge in [-0.25, -0.2) is 14.4 Å². The monoisotopic (exact) mass is 328 g/mol. The Morgan fingerprint density at radius 1 is 1.39 bits per heavy atom. The van der Waals surface area contributed by atoms with Gasteiger partial charge in [-0.05, 0) is 25.1 Å². The van der Waals surface area contributed by atoms with Crippen LogP contribution in [0.4, 0.5) is 4.39 Å². The van der Waals surface area contributed by atoms with Crippen molar-refractivity contribution in [2.75, 3.05) is 0 Å². The fourth-order valence-corrected chi connectivity index (χ4v) is 2.15. The van der Waals surface area contributed by atoms with Gasteiger partial charge in [0.2, 0.25) is 0 Å². The third-order valence-corrected chi connectivity index (χ3v) is 3.09. The van der Waals surface area contributed by atoms with E-state index in [-0.39, 0.29) is 22.0 Å². The highest BCUT2D eigenvalue weighted by Crippen LogP contribution is 2.29. The zero-order valence-electron chi connectivity index (χ0n) is 9.25. The quantitative estimate of drug-likeness (QED) is 0.621. The lowest BCUT2D eigenvalue weighted by atomic mass is 10.1. The van der Waals surface area contributed by atoms with E-state index in [2.05, 4.69) is 25.9 Å². The van der Waals surface area contributed by atoms with Crippen molar-refractivity contribution in [3.8, 4) is 11.3 Å². The molecule has 0 spiro atoms. The Bertz CT molecular complexity index is 634. The average Bonchev–Trinajstić information content (AvgIpc) is 2.31. The minimum Gasteiger partial charge on any atom is -0.298 e. The molecule has 0 N–H and O–H groups in total. The molecule has 1 aromatic carbocycles. The molecule has 0 radical (unpaired) electrons. The van der Waals surface area contributed by atoms with Crippen molar-refractivity contribution in [1.29, 1.82) is 0 Å². The van der Waals surface area contributed by atoms with Crippen LogP contribution in [0.5, 0.6) is 0 Å². The van der Waals surface area contributed by atoms with Crippen molar-refractivity contribution in [3.05, 3.63) is 45.0 Å². The van der Waals surface area contributed by atoms with E-state index in [1.54, 1.807) is 19.1 Å². The summed E-state index contributed by atoms with van der Waals surface area (Å²) in [6.07, 6.45) is 0.525. The first kappa shape index (κ1) is 13.1. The first-order chi connectivity index (χ1) is 8.52. The van der Waals surface area contributed by atoms with Gasteiger partial charge >= 0.3 is 0 Å². The van der Waals surface area contributed by atoms with E-state index in [1.807, 2.05) is 0 Å². The fraction of sp³-hybridized carbons (Fsp3) is 0.0833. The molecule has 2 rings (SSSR count). The van der Waals surface area contributed by atoms with Gasteiger partial charge in [-0.3, -0.25) is 4.79 Å². The van der Waals surface area contributed by atoms with Crippen LogP contribution in [-0.4, -0.2) is 16.3 Å². The summed E-state index contributed by atoms with van der Waals surface area (Å²) >= 11 is 9.11. The molecule has 1 heterocycles. The van der Waals surface area contributed by atoms with Gasteiger partial charge < -0.3 is 0 Å². The molecule has 0 fully saturated rings. The highest BCUT2D eigenvalue weighted by atomic mass is 79.9. The number of aldehydes is 1. The van der Waals surface area contributed by atoms with Gasteiger partial charge in [0.25, 0.3) is 0 Å². The molecule has 0 saturated carbocycles. The zero-order chi connectivity index (χ0) is 13.3. The van der Waals surface area contributed by atoms with Crippen molar-refractivity contribution < 1.29 is 9.18 Å². The van der Waals surface area contributed by atoms with Crippen LogP contribution >= 0.6 is 27.5 Å². The molecule has 6 heteroatoms. The van der Waals surface area contributed by atoms with E-state index < -0.39 is 5.82 Å². The van der Waals surface area contributed by atoms with Crippen LogP contribution in [0.2, 0.25) is 5.15 Å². The van der Waals surface area contributed by atoms with Crippen molar-refractivity contribution in [1.82, 2.24) is 9.97 Å². The molecule has 0 saturated heterocycles. The second-order valence-corrected chi connectivity index (χ2v) is 4.84. The van der Waals surface area contributed by atoms with Gasteiger partial charge in [0, 0.05) is 10.0 Å². The van der Waals surface area contributed by atoms with Crippen molar-refractivity contribution >= 4 is 33.8 Å². The predicted molar refractivity (Wildman–Crippen MR) is 70.3 cm³/mol. The topological polar surface area (TPSA) is 42.9 Å². The maximum atomic E-state index is 13.8. The van der Waals surface area contributed by atoms with E-state index in [0.717, 1.165) is 0 Å². The van der Waals surface area contributed by atoms with Gasteiger partial charge in [-0.2, -0.15) is 0 Å². The number of hydrogen-bond donors (Lipinski definition) is 0. The number of aryl methyl sites for hydroxylation is 1. The van der Waals surface area contributed by atoms with Crippen LogP contribution in [0.25, 0.3) is 11.3 Å². The second kappa shape index (κ2) is 5.12. The Kier molecular flexibility index (Phi) is 3.73. The number of carbonyl (C=O) groups excluding carboxylic acids is 1. The maximum absolute atomic E-state index is 13.8. The Hall–Kier alpha value is -1.33. The number of nitrogens with zero attached hydrogens (tertiary/aromatic N) is 2. The predicted octanol–water partition coefficient (Wildman–Crippen LogP) is 3.82. The van der Waals surface area contributed by atoms with Crippen molar-refractivity contribution in [2.24, 2.45) is 0 Å². The van der Waals surface area contributed by atoms with Crippen LogP contribution in [0, 0.1) is 12.7 Å². The summed E-state index contributed by atoms with van der Waals surface area (Å²) in [5.41, 5.74) is 0.486. The van der Waals surface area contributed by atoms with Gasteiger partial charge in [0.05, 0.1) is 11.3 Å². The molecule has 2 aromatic rings. The first-order valence-corrected chi connectivity index (χ1v) is 6.14. The number of carbonyl (C=O) groups is 1. The van der Waals surface area contributed by atoms with E-state index in [9.17, 15) is 9.18 Å². The summed E-state index contributed by atoms with van der Waals surface area (Å²) in [6, 6.07) is 4.40. The van der Waals surface area contributed by atoms with Gasteiger partial charge in [-0.15, -0.1) is 0 Å². The van der Waals surface area contributed by atoms with Crippen molar-refractivity contribution in [3.63, 3.8) is 0 Å². The minimum atomic E-state index is -0.476. The Balaban J connectivity index is 2.77. The molecular weight excluding hydrogens is 322 g/mol. The van der Waals surface area contributed by atoms with Crippen LogP contribution in [-0.2, 0) is 0 Å². The Morgan fingerprint density at radius 3 is 2.78 bits per heavy atom. The number of halogens is 3. The first-order valence-electron chi connectivity index (χ1n) is 4.97. The number of rotatable bonds is 2. The minimum absolute atomic E-state index is 0.0203. The average molecular weight is 330 g/mol. The van der Waals surface area contributed by atoms with E-state index in [4.69, 9.17) is 11.6 Å². The highest BCUT2D eigenvalue weighted by Gasteiger charge is 2.16. The molecule has 3 nitrogen and oxygen atoms in total. The summed E-state index contributed by atoms with van der Waals surface area (Å²) in [6.45, 7) is 1.62. The summed E-state index contributed by atoms with van der Waals surface area (Å²) in [7, 11) is 0. The summed E-state index contributed by atoms with van der Waals surface area (Å²) in [5.74, 6) is -0.101. The summed E-state index contributed by atoms with van der Waals surface area (Å²) in [5, 5.41) is 0.0203. The Morgan fingerprint density at radius 2 is 2.11 bits per heavy atom. The summed E-state index contributed by atoms with van der Waals surface area (Å²) < 4.78 is 14.5. The molecule has 0 aliphatic heterocycles. The maximum Gasteiger partial charge on any atom is 0.155 e. The molecule has 0 aliphatic rings. The van der Waals surface area contributed by atoms with E-state index >= 15 is 0 Å². The third kappa shape index (κ3) is 2.42. The van der Waals surface area contributed by atoms with Gasteiger partial charge in [0.1, 0.15) is 16.8 Å². The number of benzene rings is 1. The molecule has 0 atom stereocenters. The lowest BCUT2D eigenvalue weighted by Gasteiger charge is -2.08. The SMILES string of the molecule is Cc1nc(Cl)c(C=O)c(-c2cc(Br)ccc2F)n1. The molecular formula is C12H7BrClFN2O. The van der Waals surface area contributed by atoms with Crippen LogP contribution in [0.15, 0.2) is 22.7 Å². The smallest absolute Gasteiger partial charge is 0.155 e. The number of hydrogen-bond acceptors (Lipinski definition) is 3. The zero-order valence-corrected chi connectivity index (χ0v) is 11.6. The Labute approximate surface area is 116 Å². The molecule has 0 bridgehead atoms. The highest BCUT2D eigenvalue weighted by molar-refractivity contribution is 9.10. The van der Waals surface area contributed by atoms with Gasteiger partial charge in [0.15, 0.2) is 6.29 Å². The van der Waals surface area contributed by atoms with Gasteiger partial charge in [-0.1, -0.05) is 27.5 Å². The molecule has 0 amide bonds. The molecule has 18 heavy (non-hydrogen) atoms. The lowest BCUT2D eigenvalue weighted by Crippen LogP contribution is -2.00. The third-order valence-electron chi connectivity index (χ3n) is 2.31. The lowest BCUT2D eigenvalue weighted by molar-refractivity contribution is 0.112. The van der Waals surface area contributed by atoms with Crippen LogP contribution < -0.4 is 0 Å². The van der Waals surface area contributed by atoms with Crippen molar-refractivity contribution in [2.45, 2.75) is 6.92 Å². The molecule has 92 valence electrons. The molecule has 1 aromatic heterocycles. The van der Waals surface area contributed by atoms with E-state index in [1.165, 1.54) is 6.07 Å². The largest absolute Gasteiger partial charge is 0.298 e. The molecule has 0 unspecified atom stereocenters. The normalized spacial score (nSPS) is 10.4. The summed E-state index contributed by atoms with van der Waals surface area (Å²) in [4.78, 5) is 19.0. The van der Waals surface area contributed by atoms with E-state index in [0.29, 0.717) is 16.6 Å². The molecule has 0 aliphatic carbocycles. The fourth-order valence-electron chi connectivity index (χ4n) is 1.54. The van der Waals surface area contributed by atoms with Crippen LogP contribution in [0.3, 0.4) is 0 Å². The number of aromatic nitrogens is 2. The standard InChI is InChI=1S/C12H7BrClFN2O/c1-6-16-11(9(5-18)12(14)17-6)8-4-7(13)2-3-10(8)15/h2-5H,1H3. The van der Waals surface area contributed by atoms with Crippen LogP contribution in [0.1, 0.15) is 16.2 Å². The second-order valence-electron chi connectivity index (χ2n) is 3.57.